The van der Waals surface area contributed by atoms with E-state index in [1.54, 1.807) is 0 Å². The molecular weight excluding hydrogens is 320 g/mol. The molecule has 1 aliphatic carbocycles. The molecule has 0 unspecified atom stereocenters. The number of carbonyl (C=O) groups is 1. The van der Waals surface area contributed by atoms with Crippen LogP contribution in [-0.4, -0.2) is 35.8 Å². The van der Waals surface area contributed by atoms with Crippen molar-refractivity contribution in [2.45, 2.75) is 56.2 Å². The normalized spacial score (nSPS) is 35.0. The van der Waals surface area contributed by atoms with Gasteiger partial charge in [-0.05, 0) is 48.5 Å². The Bertz CT molecular complexity index is 615. The molecule has 4 nitrogen and oxygen atoms in total. The number of ether oxygens (including phenoxy) is 1. The van der Waals surface area contributed by atoms with Crippen LogP contribution in [0.15, 0.2) is 24.3 Å². The number of urea groups is 1. The lowest BCUT2D eigenvalue weighted by molar-refractivity contribution is -0.0684. The largest absolute Gasteiger partial charge is 0.374 e. The fourth-order valence-corrected chi connectivity index (χ4v) is 5.80. The van der Waals surface area contributed by atoms with E-state index in [9.17, 15) is 4.79 Å². The minimum atomic E-state index is -0.0309. The molecule has 130 valence electrons. The van der Waals surface area contributed by atoms with E-state index in [4.69, 9.17) is 4.74 Å². The minimum absolute atomic E-state index is 0.00926. The number of amides is 2. The summed E-state index contributed by atoms with van der Waals surface area (Å²) in [5.41, 5.74) is 2.65. The van der Waals surface area contributed by atoms with Crippen LogP contribution in [0.3, 0.4) is 0 Å². The quantitative estimate of drug-likeness (QED) is 0.860. The van der Waals surface area contributed by atoms with Gasteiger partial charge in [-0.15, -0.1) is 0 Å². The van der Waals surface area contributed by atoms with Crippen LogP contribution < -0.4 is 10.6 Å². The van der Waals surface area contributed by atoms with E-state index < -0.39 is 0 Å². The number of hydrogen-bond donors (Lipinski definition) is 2. The lowest BCUT2D eigenvalue weighted by atomic mass is 9.90. The molecule has 0 saturated carbocycles. The summed E-state index contributed by atoms with van der Waals surface area (Å²) in [6.45, 7) is 2.99. The molecule has 4 atom stereocenters. The van der Waals surface area contributed by atoms with Gasteiger partial charge in [0.2, 0.25) is 0 Å². The van der Waals surface area contributed by atoms with Gasteiger partial charge >= 0.3 is 6.03 Å². The molecule has 2 fully saturated rings. The first-order chi connectivity index (χ1) is 11.7. The third-order valence-corrected chi connectivity index (χ3v) is 6.92. The van der Waals surface area contributed by atoms with Crippen molar-refractivity contribution in [3.05, 3.63) is 35.4 Å². The average molecular weight is 346 g/mol. The summed E-state index contributed by atoms with van der Waals surface area (Å²) in [7, 11) is 0. The van der Waals surface area contributed by atoms with Crippen molar-refractivity contribution < 1.29 is 9.53 Å². The number of benzene rings is 1. The van der Waals surface area contributed by atoms with Crippen molar-refractivity contribution in [1.29, 1.82) is 0 Å². The highest BCUT2D eigenvalue weighted by Gasteiger charge is 2.41. The molecule has 0 bridgehead atoms. The number of hydrogen-bond acceptors (Lipinski definition) is 3. The van der Waals surface area contributed by atoms with Gasteiger partial charge in [0.25, 0.3) is 0 Å². The van der Waals surface area contributed by atoms with Crippen LogP contribution in [0, 0.1) is 0 Å². The van der Waals surface area contributed by atoms with Gasteiger partial charge in [-0.3, -0.25) is 0 Å². The van der Waals surface area contributed by atoms with E-state index in [0.29, 0.717) is 5.92 Å². The maximum Gasteiger partial charge on any atom is 0.315 e. The third-order valence-electron chi connectivity index (χ3n) is 5.69. The predicted molar refractivity (Wildman–Crippen MR) is 97.5 cm³/mol. The van der Waals surface area contributed by atoms with Crippen LogP contribution in [0.4, 0.5) is 4.79 Å². The van der Waals surface area contributed by atoms with Crippen molar-refractivity contribution >= 4 is 17.8 Å². The Morgan fingerprint density at radius 1 is 1.29 bits per heavy atom. The van der Waals surface area contributed by atoms with Gasteiger partial charge in [0.15, 0.2) is 0 Å². The fourth-order valence-electron chi connectivity index (χ4n) is 4.42. The molecule has 2 amide bonds. The Morgan fingerprint density at radius 3 is 2.92 bits per heavy atom. The van der Waals surface area contributed by atoms with E-state index in [1.807, 2.05) is 11.8 Å². The summed E-state index contributed by atoms with van der Waals surface area (Å²) in [6.07, 6.45) is 3.97. The van der Waals surface area contributed by atoms with Gasteiger partial charge in [0, 0.05) is 18.4 Å². The first kappa shape index (κ1) is 16.3. The molecule has 0 radical (unpaired) electrons. The summed E-state index contributed by atoms with van der Waals surface area (Å²) in [6, 6.07) is 8.79. The number of rotatable bonds is 2. The van der Waals surface area contributed by atoms with Crippen LogP contribution in [0.1, 0.15) is 55.7 Å². The standard InChI is InChI=1S/C19H26N2O2S/c1-13-10-17(16-5-3-2-4-15(13)16)21-18(22)20-14-6-8-23-19(11-14)7-9-24-12-19/h2-5,13-14,17H,6-12H2,1H3,(H2,20,21,22)/t13-,14+,17+,19-/m1/s1. The first-order valence-electron chi connectivity index (χ1n) is 9.03. The minimum Gasteiger partial charge on any atom is -0.374 e. The third kappa shape index (κ3) is 3.16. The molecule has 1 spiro atoms. The molecule has 1 aromatic carbocycles. The van der Waals surface area contributed by atoms with Crippen molar-refractivity contribution in [2.24, 2.45) is 0 Å². The van der Waals surface area contributed by atoms with E-state index >= 15 is 0 Å². The molecule has 2 N–H and O–H groups in total. The highest BCUT2D eigenvalue weighted by Crippen LogP contribution is 2.40. The molecule has 2 saturated heterocycles. The Kier molecular flexibility index (Phi) is 4.48. The smallest absolute Gasteiger partial charge is 0.315 e. The lowest BCUT2D eigenvalue weighted by Gasteiger charge is -2.38. The summed E-state index contributed by atoms with van der Waals surface area (Å²) < 4.78 is 6.04. The zero-order valence-corrected chi connectivity index (χ0v) is 15.0. The van der Waals surface area contributed by atoms with E-state index in [1.165, 1.54) is 16.9 Å². The maximum absolute atomic E-state index is 12.5. The number of nitrogens with one attached hydrogen (secondary N) is 2. The molecule has 1 aromatic rings. The van der Waals surface area contributed by atoms with Crippen LogP contribution in [0.2, 0.25) is 0 Å². The molecule has 2 heterocycles. The average Bonchev–Trinajstić information content (AvgIpc) is 3.13. The van der Waals surface area contributed by atoms with E-state index in [2.05, 4.69) is 41.8 Å². The van der Waals surface area contributed by atoms with Gasteiger partial charge < -0.3 is 15.4 Å². The van der Waals surface area contributed by atoms with E-state index in [0.717, 1.165) is 38.0 Å². The topological polar surface area (TPSA) is 50.4 Å². The fraction of sp³-hybridized carbons (Fsp3) is 0.632. The summed E-state index contributed by atoms with van der Waals surface area (Å²) >= 11 is 1.97. The Morgan fingerprint density at radius 2 is 2.12 bits per heavy atom. The number of fused-ring (bicyclic) bond motifs is 1. The predicted octanol–water partition coefficient (Wildman–Crippen LogP) is 3.59. The second-order valence-corrected chi connectivity index (χ2v) is 8.57. The second-order valence-electron chi connectivity index (χ2n) is 7.46. The lowest BCUT2D eigenvalue weighted by Crippen LogP contribution is -2.51. The van der Waals surface area contributed by atoms with Gasteiger partial charge in [0.05, 0.1) is 11.6 Å². The summed E-state index contributed by atoms with van der Waals surface area (Å²) in [5.74, 6) is 2.75. The Labute approximate surface area is 148 Å². The van der Waals surface area contributed by atoms with Crippen LogP contribution in [-0.2, 0) is 4.74 Å². The zero-order chi connectivity index (χ0) is 16.6. The van der Waals surface area contributed by atoms with Crippen molar-refractivity contribution in [1.82, 2.24) is 10.6 Å². The van der Waals surface area contributed by atoms with Gasteiger partial charge in [0.1, 0.15) is 0 Å². The zero-order valence-electron chi connectivity index (χ0n) is 14.2. The SMILES string of the molecule is C[C@@H]1C[C@H](NC(=O)N[C@H]2CCO[C@]3(CCSC3)C2)c2ccccc21. The molecule has 24 heavy (non-hydrogen) atoms. The maximum atomic E-state index is 12.5. The highest BCUT2D eigenvalue weighted by atomic mass is 32.2. The van der Waals surface area contributed by atoms with Gasteiger partial charge in [-0.1, -0.05) is 31.2 Å². The van der Waals surface area contributed by atoms with Crippen molar-refractivity contribution in [2.75, 3.05) is 18.1 Å². The molecule has 5 heteroatoms. The van der Waals surface area contributed by atoms with Crippen LogP contribution >= 0.6 is 11.8 Å². The highest BCUT2D eigenvalue weighted by molar-refractivity contribution is 7.99. The van der Waals surface area contributed by atoms with E-state index in [-0.39, 0.29) is 23.7 Å². The molecule has 0 aromatic heterocycles. The van der Waals surface area contributed by atoms with Gasteiger partial charge in [-0.25, -0.2) is 4.79 Å². The summed E-state index contributed by atoms with van der Waals surface area (Å²) in [5, 5.41) is 6.40. The molecule has 4 rings (SSSR count). The second kappa shape index (κ2) is 6.60. The Balaban J connectivity index is 1.36. The molecule has 2 aliphatic heterocycles. The van der Waals surface area contributed by atoms with Crippen molar-refractivity contribution in [3.63, 3.8) is 0 Å². The molecule has 3 aliphatic rings. The molecular formula is C19H26N2O2S. The van der Waals surface area contributed by atoms with Crippen LogP contribution in [0.25, 0.3) is 0 Å². The van der Waals surface area contributed by atoms with Crippen molar-refractivity contribution in [3.8, 4) is 0 Å². The number of thioether (sulfide) groups is 1. The number of carbonyl (C=O) groups excluding carboxylic acids is 1. The summed E-state index contributed by atoms with van der Waals surface area (Å²) in [4.78, 5) is 12.5. The monoisotopic (exact) mass is 346 g/mol. The van der Waals surface area contributed by atoms with Crippen LogP contribution in [0.5, 0.6) is 0 Å². The van der Waals surface area contributed by atoms with Gasteiger partial charge in [-0.2, -0.15) is 11.8 Å². The first-order valence-corrected chi connectivity index (χ1v) is 10.2. The Hall–Kier alpha value is -1.20.